The zero-order valence-corrected chi connectivity index (χ0v) is 20.2. The molecule has 0 aromatic heterocycles. The van der Waals surface area contributed by atoms with Crippen LogP contribution in [0, 0.1) is 5.41 Å². The maximum atomic E-state index is 13.1. The Morgan fingerprint density at radius 3 is 2.47 bits per heavy atom. The van der Waals surface area contributed by atoms with Gasteiger partial charge in [0.2, 0.25) is 0 Å². The van der Waals surface area contributed by atoms with Gasteiger partial charge < -0.3 is 14.5 Å². The summed E-state index contributed by atoms with van der Waals surface area (Å²) in [7, 11) is 1.66. The molecular formula is C23H30ClF3N4O3. The molecule has 3 aliphatic heterocycles. The molecule has 1 N–H and O–H groups in total. The lowest BCUT2D eigenvalue weighted by Gasteiger charge is -2.56. The highest BCUT2D eigenvalue weighted by Crippen LogP contribution is 2.38. The number of likely N-dealkylation sites (N-methyl/N-ethyl adjacent to an activating group) is 1. The van der Waals surface area contributed by atoms with E-state index in [1.54, 1.807) is 24.1 Å². The van der Waals surface area contributed by atoms with Gasteiger partial charge in [0.25, 0.3) is 0 Å². The number of carbonyl (C=O) groups excluding carboxylic acids is 2. The molecule has 11 heteroatoms. The Hall–Kier alpha value is -2.04. The molecule has 3 aliphatic rings. The van der Waals surface area contributed by atoms with Crippen LogP contribution in [0.4, 0.5) is 13.2 Å². The van der Waals surface area contributed by atoms with Crippen LogP contribution in [0.3, 0.4) is 0 Å². The van der Waals surface area contributed by atoms with Crippen molar-refractivity contribution in [3.8, 4) is 5.75 Å². The lowest BCUT2D eigenvalue weighted by atomic mass is 9.76. The normalized spacial score (nSPS) is 30.3. The average Bonchev–Trinajstić information content (AvgIpc) is 2.74. The van der Waals surface area contributed by atoms with E-state index in [4.69, 9.17) is 11.6 Å². The van der Waals surface area contributed by atoms with Crippen molar-refractivity contribution in [2.75, 3.05) is 26.7 Å². The summed E-state index contributed by atoms with van der Waals surface area (Å²) < 4.78 is 41.1. The summed E-state index contributed by atoms with van der Waals surface area (Å²) in [6.07, 6.45) is -3.69. The summed E-state index contributed by atoms with van der Waals surface area (Å²) >= 11 is 6.34. The van der Waals surface area contributed by atoms with Crippen LogP contribution in [0.1, 0.15) is 32.3 Å². The summed E-state index contributed by atoms with van der Waals surface area (Å²) in [5.74, 6) is -1.24. The monoisotopic (exact) mass is 502 g/mol. The Bertz CT molecular complexity index is 927. The highest BCUT2D eigenvalue weighted by molar-refractivity contribution is 6.35. The highest BCUT2D eigenvalue weighted by atomic mass is 35.5. The first-order valence-electron chi connectivity index (χ1n) is 11.4. The van der Waals surface area contributed by atoms with E-state index in [0.717, 1.165) is 5.56 Å². The summed E-state index contributed by atoms with van der Waals surface area (Å²) in [6.45, 7) is 6.67. The van der Waals surface area contributed by atoms with Crippen LogP contribution in [0.5, 0.6) is 5.75 Å². The van der Waals surface area contributed by atoms with Crippen LogP contribution < -0.4 is 10.1 Å². The lowest BCUT2D eigenvalue weighted by molar-refractivity contribution is -0.274. The topological polar surface area (TPSA) is 65.1 Å². The predicted molar refractivity (Wildman–Crippen MR) is 120 cm³/mol. The number of halogens is 4. The highest BCUT2D eigenvalue weighted by Gasteiger charge is 2.52. The molecule has 3 saturated heterocycles. The van der Waals surface area contributed by atoms with Gasteiger partial charge in [-0.1, -0.05) is 26.0 Å². The first-order chi connectivity index (χ1) is 15.9. The fraction of sp³-hybridized carbons (Fsp3) is 0.652. The van der Waals surface area contributed by atoms with E-state index >= 15 is 0 Å². The zero-order valence-electron chi connectivity index (χ0n) is 19.4. The number of alkyl halides is 4. The summed E-state index contributed by atoms with van der Waals surface area (Å²) in [5, 5.41) is 3.28. The van der Waals surface area contributed by atoms with Crippen molar-refractivity contribution in [3.63, 3.8) is 0 Å². The Morgan fingerprint density at radius 2 is 1.85 bits per heavy atom. The van der Waals surface area contributed by atoms with Crippen molar-refractivity contribution in [1.29, 1.82) is 0 Å². The smallest absolute Gasteiger partial charge is 0.406 e. The summed E-state index contributed by atoms with van der Waals surface area (Å²) in [4.78, 5) is 31.3. The van der Waals surface area contributed by atoms with Gasteiger partial charge in [-0.25, -0.2) is 0 Å². The fourth-order valence-corrected chi connectivity index (χ4v) is 5.82. The van der Waals surface area contributed by atoms with E-state index in [0.29, 0.717) is 39.0 Å². The Balaban J connectivity index is 1.45. The van der Waals surface area contributed by atoms with Crippen LogP contribution in [-0.2, 0) is 16.1 Å². The fourth-order valence-electron chi connectivity index (χ4n) is 5.55. The molecule has 0 bridgehead atoms. The van der Waals surface area contributed by atoms with E-state index in [1.807, 2.05) is 0 Å². The van der Waals surface area contributed by atoms with Gasteiger partial charge in [-0.05, 0) is 36.0 Å². The standard InChI is InChI=1S/C23H30ClF3N4O3/c1-22(2)13-30(12-14-4-6-16(7-5-14)34-23(25,26)27)9-8-18(22)31-19-17(10-15(24)11-28-19)29(3)20(32)21(31)33/h4-7,15,17-19,28H,8-13H2,1-3H3. The number of rotatable bonds is 4. The number of nitrogens with zero attached hydrogens (tertiary/aromatic N) is 3. The minimum atomic E-state index is -4.72. The number of likely N-dealkylation sites (tertiary alicyclic amines) is 1. The number of hydrogen-bond acceptors (Lipinski definition) is 5. The second kappa shape index (κ2) is 9.20. The second-order valence-electron chi connectivity index (χ2n) is 10.1. The van der Waals surface area contributed by atoms with Crippen molar-refractivity contribution >= 4 is 23.4 Å². The van der Waals surface area contributed by atoms with E-state index in [9.17, 15) is 22.8 Å². The van der Waals surface area contributed by atoms with Crippen LogP contribution in [0.15, 0.2) is 24.3 Å². The maximum absolute atomic E-state index is 13.1. The van der Waals surface area contributed by atoms with Gasteiger partial charge in [0.05, 0.1) is 6.04 Å². The Kier molecular flexibility index (Phi) is 6.78. The van der Waals surface area contributed by atoms with Crippen molar-refractivity contribution in [1.82, 2.24) is 20.0 Å². The number of carbonyl (C=O) groups is 2. The first kappa shape index (κ1) is 25.1. The van der Waals surface area contributed by atoms with Gasteiger partial charge in [0.15, 0.2) is 0 Å². The third-order valence-corrected chi connectivity index (χ3v) is 7.43. The van der Waals surface area contributed by atoms with E-state index < -0.39 is 18.2 Å². The molecule has 4 unspecified atom stereocenters. The third-order valence-electron chi connectivity index (χ3n) is 7.10. The van der Waals surface area contributed by atoms with Crippen LogP contribution in [0.25, 0.3) is 0 Å². The molecule has 2 amide bonds. The number of piperazine rings is 1. The molecule has 0 saturated carbocycles. The number of benzene rings is 1. The molecule has 3 fully saturated rings. The number of ether oxygens (including phenoxy) is 1. The number of hydrogen-bond donors (Lipinski definition) is 1. The maximum Gasteiger partial charge on any atom is 0.573 e. The molecule has 3 heterocycles. The molecule has 4 atom stereocenters. The lowest BCUT2D eigenvalue weighted by Crippen LogP contribution is -2.75. The molecule has 1 aromatic rings. The summed E-state index contributed by atoms with van der Waals surface area (Å²) in [5.41, 5.74) is 0.560. The predicted octanol–water partition coefficient (Wildman–Crippen LogP) is 2.78. The zero-order chi connectivity index (χ0) is 24.8. The van der Waals surface area contributed by atoms with Gasteiger partial charge in [0, 0.05) is 44.6 Å². The molecule has 0 spiro atoms. The average molecular weight is 503 g/mol. The minimum Gasteiger partial charge on any atom is -0.406 e. The van der Waals surface area contributed by atoms with Gasteiger partial charge in [-0.2, -0.15) is 0 Å². The Morgan fingerprint density at radius 1 is 1.18 bits per heavy atom. The quantitative estimate of drug-likeness (QED) is 0.507. The molecule has 188 valence electrons. The minimum absolute atomic E-state index is 0.102. The van der Waals surface area contributed by atoms with Gasteiger partial charge in [-0.15, -0.1) is 24.8 Å². The van der Waals surface area contributed by atoms with Crippen molar-refractivity contribution < 1.29 is 27.5 Å². The molecule has 4 rings (SSSR count). The molecule has 1 aromatic carbocycles. The van der Waals surface area contributed by atoms with Crippen molar-refractivity contribution in [3.05, 3.63) is 29.8 Å². The number of nitrogens with one attached hydrogen (secondary N) is 1. The third kappa shape index (κ3) is 5.13. The van der Waals surface area contributed by atoms with Gasteiger partial charge in [-0.3, -0.25) is 19.8 Å². The first-order valence-corrected chi connectivity index (χ1v) is 11.8. The summed E-state index contributed by atoms with van der Waals surface area (Å²) in [6, 6.07) is 5.57. The van der Waals surface area contributed by atoms with Gasteiger partial charge >= 0.3 is 18.2 Å². The van der Waals surface area contributed by atoms with Crippen LogP contribution in [0.2, 0.25) is 0 Å². The molecule has 34 heavy (non-hydrogen) atoms. The SMILES string of the molecule is CN1C(=O)C(=O)N(C2CCN(Cc3ccc(OC(F)(F)F)cc3)CC2(C)C)C2NCC(Cl)CC21. The van der Waals surface area contributed by atoms with Crippen molar-refractivity contribution in [2.24, 2.45) is 5.41 Å². The number of piperidine rings is 2. The van der Waals surface area contributed by atoms with Crippen molar-refractivity contribution in [2.45, 2.75) is 63.2 Å². The van der Waals surface area contributed by atoms with Crippen LogP contribution >= 0.6 is 11.6 Å². The van der Waals surface area contributed by atoms with E-state index in [1.165, 1.54) is 17.0 Å². The molecule has 0 aliphatic carbocycles. The van der Waals surface area contributed by atoms with E-state index in [2.05, 4.69) is 28.8 Å². The molecular weight excluding hydrogens is 473 g/mol. The van der Waals surface area contributed by atoms with E-state index in [-0.39, 0.29) is 34.8 Å². The second-order valence-corrected chi connectivity index (χ2v) is 10.7. The number of amides is 2. The Labute approximate surface area is 202 Å². The van der Waals surface area contributed by atoms with Gasteiger partial charge in [0.1, 0.15) is 11.9 Å². The molecule has 0 radical (unpaired) electrons. The van der Waals surface area contributed by atoms with Crippen LogP contribution in [-0.4, -0.2) is 83.2 Å². The number of fused-ring (bicyclic) bond motifs is 1. The largest absolute Gasteiger partial charge is 0.573 e. The molecule has 7 nitrogen and oxygen atoms in total.